The molecule has 0 saturated heterocycles. The third-order valence-corrected chi connectivity index (χ3v) is 4.59. The number of nitro benzene ring substituents is 1. The summed E-state index contributed by atoms with van der Waals surface area (Å²) >= 11 is 0. The van der Waals surface area contributed by atoms with E-state index in [9.17, 15) is 14.9 Å². The Morgan fingerprint density at radius 1 is 1.36 bits per heavy atom. The Morgan fingerprint density at radius 3 is 2.52 bits per heavy atom. The smallest absolute Gasteiger partial charge is 0.410 e. The molecule has 1 aromatic carbocycles. The number of carbonyl (C=O) groups is 1. The van der Waals surface area contributed by atoms with Crippen molar-refractivity contribution in [3.63, 3.8) is 0 Å². The van der Waals surface area contributed by atoms with Gasteiger partial charge in [-0.25, -0.2) is 4.79 Å². The van der Waals surface area contributed by atoms with Crippen LogP contribution in [-0.4, -0.2) is 27.6 Å². The number of amides is 1. The molecule has 6 nitrogen and oxygen atoms in total. The number of hydrogen-bond acceptors (Lipinski definition) is 4. The van der Waals surface area contributed by atoms with Crippen molar-refractivity contribution < 1.29 is 14.5 Å². The lowest BCUT2D eigenvalue weighted by atomic mass is 9.81. The highest BCUT2D eigenvalue weighted by atomic mass is 16.6. The van der Waals surface area contributed by atoms with E-state index in [-0.39, 0.29) is 18.3 Å². The van der Waals surface area contributed by atoms with E-state index in [4.69, 9.17) is 4.74 Å². The summed E-state index contributed by atoms with van der Waals surface area (Å²) in [6.07, 6.45) is 4.11. The van der Waals surface area contributed by atoms with Crippen LogP contribution in [0.2, 0.25) is 0 Å². The number of benzene rings is 1. The number of carbonyl (C=O) groups excluding carboxylic acids is 1. The summed E-state index contributed by atoms with van der Waals surface area (Å²) in [5, 5.41) is 11.3. The summed E-state index contributed by atoms with van der Waals surface area (Å²) < 4.78 is 5.54. The van der Waals surface area contributed by atoms with Crippen molar-refractivity contribution in [2.75, 3.05) is 0 Å². The van der Waals surface area contributed by atoms with Crippen LogP contribution in [-0.2, 0) is 11.3 Å². The van der Waals surface area contributed by atoms with Crippen LogP contribution in [0.3, 0.4) is 0 Å². The minimum absolute atomic E-state index is 0.0278. The molecule has 0 N–H and O–H groups in total. The van der Waals surface area contributed by atoms with E-state index in [1.807, 2.05) is 27.7 Å². The van der Waals surface area contributed by atoms with Gasteiger partial charge in [0, 0.05) is 17.7 Å². The van der Waals surface area contributed by atoms with E-state index >= 15 is 0 Å². The van der Waals surface area contributed by atoms with Gasteiger partial charge in [-0.1, -0.05) is 37.5 Å². The van der Waals surface area contributed by atoms with Crippen molar-refractivity contribution in [1.29, 1.82) is 0 Å². The van der Waals surface area contributed by atoms with Crippen LogP contribution in [0, 0.1) is 16.0 Å². The van der Waals surface area contributed by atoms with E-state index in [2.05, 4.69) is 0 Å². The zero-order valence-corrected chi connectivity index (χ0v) is 15.5. The molecule has 1 aromatic rings. The predicted octanol–water partition coefficient (Wildman–Crippen LogP) is 4.91. The fraction of sp³-hybridized carbons (Fsp3) is 0.632. The van der Waals surface area contributed by atoms with Crippen LogP contribution in [0.1, 0.15) is 58.9 Å². The normalized spacial score (nSPS) is 16.0. The van der Waals surface area contributed by atoms with E-state index in [0.29, 0.717) is 11.5 Å². The van der Waals surface area contributed by atoms with Crippen LogP contribution in [0.5, 0.6) is 0 Å². The topological polar surface area (TPSA) is 72.7 Å². The Balaban J connectivity index is 2.21. The molecule has 0 radical (unpaired) electrons. The molecule has 0 spiro atoms. The van der Waals surface area contributed by atoms with Gasteiger partial charge in [0.2, 0.25) is 0 Å². The average Bonchev–Trinajstić information content (AvgIpc) is 2.46. The number of hydrogen-bond donors (Lipinski definition) is 0. The zero-order chi connectivity index (χ0) is 18.6. The van der Waals surface area contributed by atoms with Crippen molar-refractivity contribution in [1.82, 2.24) is 4.90 Å². The van der Waals surface area contributed by atoms with Gasteiger partial charge in [0.25, 0.3) is 5.69 Å². The van der Waals surface area contributed by atoms with Gasteiger partial charge in [-0.2, -0.15) is 0 Å². The summed E-state index contributed by atoms with van der Waals surface area (Å²) in [5.74, 6) is 0.630. The quantitative estimate of drug-likeness (QED) is 0.541. The number of para-hydroxylation sites is 1. The molecule has 0 aliphatic heterocycles. The molecule has 0 bridgehead atoms. The zero-order valence-electron chi connectivity index (χ0n) is 15.5. The van der Waals surface area contributed by atoms with Gasteiger partial charge in [0.05, 0.1) is 11.5 Å². The molecule has 25 heavy (non-hydrogen) atoms. The second-order valence-corrected chi connectivity index (χ2v) is 7.88. The van der Waals surface area contributed by atoms with Crippen LogP contribution >= 0.6 is 0 Å². The highest BCUT2D eigenvalue weighted by Crippen LogP contribution is 2.32. The standard InChI is InChI=1S/C19H28N2O4/c1-14(12-15-8-7-9-15)20(18(22)25-19(2,3)4)13-16-10-5-6-11-17(16)21(23)24/h5-6,10-11,14-15H,7-9,12-13H2,1-4H3/t14-/m0/s1. The lowest BCUT2D eigenvalue weighted by Gasteiger charge is -2.35. The molecule has 1 fully saturated rings. The van der Waals surface area contributed by atoms with Gasteiger partial charge in [-0.3, -0.25) is 10.1 Å². The van der Waals surface area contributed by atoms with Gasteiger partial charge in [0.15, 0.2) is 0 Å². The molecule has 0 aromatic heterocycles. The summed E-state index contributed by atoms with van der Waals surface area (Å²) in [4.78, 5) is 25.2. The molecule has 1 saturated carbocycles. The number of nitrogens with zero attached hydrogens (tertiary/aromatic N) is 2. The minimum Gasteiger partial charge on any atom is -0.444 e. The average molecular weight is 348 g/mol. The maximum Gasteiger partial charge on any atom is 0.410 e. The monoisotopic (exact) mass is 348 g/mol. The first kappa shape index (κ1) is 19.2. The highest BCUT2D eigenvalue weighted by molar-refractivity contribution is 5.69. The molecule has 1 amide bonds. The fourth-order valence-corrected chi connectivity index (χ4v) is 3.07. The van der Waals surface area contributed by atoms with Crippen molar-refractivity contribution in [3.8, 4) is 0 Å². The number of nitro groups is 1. The summed E-state index contributed by atoms with van der Waals surface area (Å²) in [7, 11) is 0. The molecule has 0 heterocycles. The van der Waals surface area contributed by atoms with Gasteiger partial charge in [-0.05, 0) is 40.0 Å². The Hall–Kier alpha value is -2.11. The fourth-order valence-electron chi connectivity index (χ4n) is 3.07. The highest BCUT2D eigenvalue weighted by Gasteiger charge is 2.30. The summed E-state index contributed by atoms with van der Waals surface area (Å²) in [6.45, 7) is 7.65. The first-order valence-electron chi connectivity index (χ1n) is 8.89. The second-order valence-electron chi connectivity index (χ2n) is 7.88. The third-order valence-electron chi connectivity index (χ3n) is 4.59. The molecule has 1 aliphatic rings. The second kappa shape index (κ2) is 7.85. The summed E-state index contributed by atoms with van der Waals surface area (Å²) in [6, 6.07) is 6.54. The van der Waals surface area contributed by atoms with Crippen LogP contribution in [0.25, 0.3) is 0 Å². The molecule has 2 rings (SSSR count). The largest absolute Gasteiger partial charge is 0.444 e. The molecule has 0 unspecified atom stereocenters. The van der Waals surface area contributed by atoms with Gasteiger partial charge in [-0.15, -0.1) is 0 Å². The number of rotatable bonds is 6. The number of ether oxygens (including phenoxy) is 1. The Morgan fingerprint density at radius 2 is 2.00 bits per heavy atom. The molecule has 1 atom stereocenters. The minimum atomic E-state index is -0.603. The lowest BCUT2D eigenvalue weighted by Crippen LogP contribution is -2.43. The van der Waals surface area contributed by atoms with Gasteiger partial charge in [0.1, 0.15) is 5.60 Å². The Labute approximate surface area is 149 Å². The molecule has 6 heteroatoms. The SMILES string of the molecule is C[C@@H](CC1CCC1)N(Cc1ccccc1[N+](=O)[O-])C(=O)OC(C)(C)C. The molecule has 1 aliphatic carbocycles. The van der Waals surface area contributed by atoms with Crippen LogP contribution < -0.4 is 0 Å². The summed E-state index contributed by atoms with van der Waals surface area (Å²) in [5.41, 5.74) is -0.0422. The lowest BCUT2D eigenvalue weighted by molar-refractivity contribution is -0.385. The van der Waals surface area contributed by atoms with Crippen LogP contribution in [0.4, 0.5) is 10.5 Å². The molecule has 138 valence electrons. The first-order valence-corrected chi connectivity index (χ1v) is 8.89. The van der Waals surface area contributed by atoms with Crippen molar-refractivity contribution in [2.45, 2.75) is 71.6 Å². The first-order chi connectivity index (χ1) is 11.7. The maximum atomic E-state index is 12.7. The van der Waals surface area contributed by atoms with E-state index < -0.39 is 16.6 Å². The maximum absolute atomic E-state index is 12.7. The third kappa shape index (κ3) is 5.44. The Bertz CT molecular complexity index is 620. The van der Waals surface area contributed by atoms with E-state index in [1.165, 1.54) is 25.3 Å². The van der Waals surface area contributed by atoms with E-state index in [1.54, 1.807) is 23.1 Å². The van der Waals surface area contributed by atoms with Gasteiger partial charge < -0.3 is 9.64 Å². The van der Waals surface area contributed by atoms with Crippen LogP contribution in [0.15, 0.2) is 24.3 Å². The van der Waals surface area contributed by atoms with Crippen molar-refractivity contribution >= 4 is 11.8 Å². The Kier molecular flexibility index (Phi) is 6.03. The molecular formula is C19H28N2O4. The van der Waals surface area contributed by atoms with E-state index in [0.717, 1.165) is 6.42 Å². The van der Waals surface area contributed by atoms with Crippen molar-refractivity contribution in [3.05, 3.63) is 39.9 Å². The van der Waals surface area contributed by atoms with Gasteiger partial charge >= 0.3 is 6.09 Å². The van der Waals surface area contributed by atoms with Crippen molar-refractivity contribution in [2.24, 2.45) is 5.92 Å². The molecular weight excluding hydrogens is 320 g/mol. The predicted molar refractivity (Wildman–Crippen MR) is 96.3 cm³/mol.